The molecule has 0 saturated carbocycles. The van der Waals surface area contributed by atoms with Crippen molar-refractivity contribution in [3.63, 3.8) is 0 Å². The number of halogens is 3. The highest BCUT2D eigenvalue weighted by Gasteiger charge is 2.21. The van der Waals surface area contributed by atoms with E-state index < -0.39 is 18.3 Å². The molecule has 1 rings (SSSR count). The highest BCUT2D eigenvalue weighted by atomic mass is 35.5. The molecule has 0 aromatic heterocycles. The molecule has 0 bridgehead atoms. The van der Waals surface area contributed by atoms with Crippen LogP contribution in [0.5, 0.6) is 5.75 Å². The predicted molar refractivity (Wildman–Crippen MR) is 58.5 cm³/mol. The van der Waals surface area contributed by atoms with Crippen molar-refractivity contribution in [2.45, 2.75) is 13.5 Å². The van der Waals surface area contributed by atoms with Crippen molar-refractivity contribution < 1.29 is 23.0 Å². The molecule has 1 aromatic carbocycles. The van der Waals surface area contributed by atoms with Gasteiger partial charge in [0, 0.05) is 11.8 Å². The van der Waals surface area contributed by atoms with Gasteiger partial charge in [0.05, 0.1) is 11.6 Å². The van der Waals surface area contributed by atoms with Crippen LogP contribution in [0.3, 0.4) is 0 Å². The summed E-state index contributed by atoms with van der Waals surface area (Å²) < 4.78 is 33.2. The number of nitrogen functional groups attached to an aromatic ring is 1. The second-order valence-corrected chi connectivity index (χ2v) is 3.38. The van der Waals surface area contributed by atoms with Gasteiger partial charge in [-0.15, -0.1) is 0 Å². The number of benzene rings is 1. The maximum atomic E-state index is 12.2. The zero-order valence-electron chi connectivity index (χ0n) is 8.88. The van der Waals surface area contributed by atoms with Crippen LogP contribution in [0.1, 0.15) is 17.3 Å². The van der Waals surface area contributed by atoms with Crippen molar-refractivity contribution >= 4 is 23.3 Å². The Hall–Kier alpha value is -1.56. The molecule has 1 aromatic rings. The molecule has 4 nitrogen and oxygen atoms in total. The third kappa shape index (κ3) is 3.45. The first-order valence-corrected chi connectivity index (χ1v) is 5.04. The lowest BCUT2D eigenvalue weighted by Crippen LogP contribution is -2.11. The Kier molecular flexibility index (Phi) is 4.51. The van der Waals surface area contributed by atoms with Crippen molar-refractivity contribution in [1.82, 2.24) is 0 Å². The highest BCUT2D eigenvalue weighted by molar-refractivity contribution is 6.34. The van der Waals surface area contributed by atoms with E-state index in [4.69, 9.17) is 17.3 Å². The summed E-state index contributed by atoms with van der Waals surface area (Å²) in [4.78, 5) is 11.5. The average Bonchev–Trinajstić information content (AvgIpc) is 2.15. The van der Waals surface area contributed by atoms with Gasteiger partial charge in [-0.05, 0) is 13.0 Å². The molecule has 0 unspecified atom stereocenters. The second-order valence-electron chi connectivity index (χ2n) is 2.97. The van der Waals surface area contributed by atoms with E-state index in [9.17, 15) is 13.6 Å². The fourth-order valence-electron chi connectivity index (χ4n) is 1.19. The lowest BCUT2D eigenvalue weighted by atomic mass is 10.2. The fourth-order valence-corrected chi connectivity index (χ4v) is 1.49. The van der Waals surface area contributed by atoms with Gasteiger partial charge in [-0.25, -0.2) is 4.79 Å². The van der Waals surface area contributed by atoms with E-state index in [1.807, 2.05) is 0 Å². The first-order chi connectivity index (χ1) is 7.95. The van der Waals surface area contributed by atoms with Crippen LogP contribution in [-0.2, 0) is 4.74 Å². The maximum absolute atomic E-state index is 12.2. The Morgan fingerprint density at radius 1 is 1.53 bits per heavy atom. The largest absolute Gasteiger partial charge is 0.462 e. The van der Waals surface area contributed by atoms with Crippen molar-refractivity contribution in [1.29, 1.82) is 0 Å². The molecular formula is C10H10ClF2NO3. The van der Waals surface area contributed by atoms with Crippen LogP contribution in [0.4, 0.5) is 14.5 Å². The molecule has 0 atom stereocenters. The van der Waals surface area contributed by atoms with E-state index in [1.54, 1.807) is 6.92 Å². The Morgan fingerprint density at radius 2 is 2.18 bits per heavy atom. The third-order valence-corrected chi connectivity index (χ3v) is 2.07. The molecular weight excluding hydrogens is 256 g/mol. The van der Waals surface area contributed by atoms with Gasteiger partial charge in [0.15, 0.2) is 0 Å². The smallest absolute Gasteiger partial charge is 0.387 e. The van der Waals surface area contributed by atoms with Crippen molar-refractivity contribution in [3.05, 3.63) is 22.7 Å². The molecule has 94 valence electrons. The minimum Gasteiger partial charge on any atom is -0.462 e. The van der Waals surface area contributed by atoms with Gasteiger partial charge in [-0.1, -0.05) is 11.6 Å². The summed E-state index contributed by atoms with van der Waals surface area (Å²) in [5.74, 6) is -1.24. The number of alkyl halides is 2. The standard InChI is InChI=1S/C10H10ClF2NO3/c1-2-16-9(15)8-6(11)3-5(14)4-7(8)17-10(12)13/h3-4,10H,2,14H2,1H3. The third-order valence-electron chi connectivity index (χ3n) is 1.77. The van der Waals surface area contributed by atoms with Crippen LogP contribution in [0.15, 0.2) is 12.1 Å². The van der Waals surface area contributed by atoms with Crippen LogP contribution < -0.4 is 10.5 Å². The Balaban J connectivity index is 3.20. The summed E-state index contributed by atoms with van der Waals surface area (Å²) in [5, 5.41) is -0.0981. The molecule has 0 amide bonds. The van der Waals surface area contributed by atoms with E-state index >= 15 is 0 Å². The van der Waals surface area contributed by atoms with Crippen molar-refractivity contribution in [2.75, 3.05) is 12.3 Å². The zero-order valence-corrected chi connectivity index (χ0v) is 9.63. The number of carbonyl (C=O) groups excluding carboxylic acids is 1. The van der Waals surface area contributed by atoms with E-state index in [1.165, 1.54) is 6.07 Å². The molecule has 0 saturated heterocycles. The molecule has 2 N–H and O–H groups in total. The van der Waals surface area contributed by atoms with Gasteiger partial charge in [-0.3, -0.25) is 0 Å². The van der Waals surface area contributed by atoms with Crippen LogP contribution in [-0.4, -0.2) is 19.2 Å². The summed E-state index contributed by atoms with van der Waals surface area (Å²) >= 11 is 5.74. The molecule has 0 radical (unpaired) electrons. The number of anilines is 1. The monoisotopic (exact) mass is 265 g/mol. The highest BCUT2D eigenvalue weighted by Crippen LogP contribution is 2.31. The van der Waals surface area contributed by atoms with Gasteiger partial charge in [0.1, 0.15) is 11.3 Å². The first-order valence-electron chi connectivity index (χ1n) is 4.66. The molecule has 0 aliphatic carbocycles. The van der Waals surface area contributed by atoms with E-state index in [-0.39, 0.29) is 22.9 Å². The second kappa shape index (κ2) is 5.67. The Bertz CT molecular complexity index is 426. The summed E-state index contributed by atoms with van der Waals surface area (Å²) in [6.45, 7) is -1.41. The topological polar surface area (TPSA) is 61.5 Å². The van der Waals surface area contributed by atoms with Gasteiger partial charge >= 0.3 is 12.6 Å². The zero-order chi connectivity index (χ0) is 13.0. The van der Waals surface area contributed by atoms with Crippen molar-refractivity contribution in [2.24, 2.45) is 0 Å². The molecule has 0 heterocycles. The molecule has 0 aliphatic rings. The molecule has 0 spiro atoms. The first kappa shape index (κ1) is 13.5. The molecule has 17 heavy (non-hydrogen) atoms. The number of rotatable bonds is 4. The summed E-state index contributed by atoms with van der Waals surface area (Å²) in [6, 6.07) is 2.34. The van der Waals surface area contributed by atoms with Gasteiger partial charge in [0.2, 0.25) is 0 Å². The number of hydrogen-bond donors (Lipinski definition) is 1. The Labute approximate surface area is 101 Å². The quantitative estimate of drug-likeness (QED) is 0.672. The number of carbonyl (C=O) groups is 1. The average molecular weight is 266 g/mol. The molecule has 0 fully saturated rings. The number of hydrogen-bond acceptors (Lipinski definition) is 4. The van der Waals surface area contributed by atoms with Gasteiger partial charge in [-0.2, -0.15) is 8.78 Å². The summed E-state index contributed by atoms with van der Waals surface area (Å²) in [7, 11) is 0. The van der Waals surface area contributed by atoms with E-state index in [0.29, 0.717) is 0 Å². The number of ether oxygens (including phenoxy) is 2. The van der Waals surface area contributed by atoms with Crippen LogP contribution in [0.2, 0.25) is 5.02 Å². The normalized spacial score (nSPS) is 10.4. The predicted octanol–water partition coefficient (Wildman–Crippen LogP) is 2.70. The molecule has 7 heteroatoms. The fraction of sp³-hybridized carbons (Fsp3) is 0.300. The number of nitrogens with two attached hydrogens (primary N) is 1. The Morgan fingerprint density at radius 3 is 2.71 bits per heavy atom. The maximum Gasteiger partial charge on any atom is 0.387 e. The SMILES string of the molecule is CCOC(=O)c1c(Cl)cc(N)cc1OC(F)F. The van der Waals surface area contributed by atoms with Gasteiger partial charge in [0.25, 0.3) is 0 Å². The van der Waals surface area contributed by atoms with Crippen LogP contribution in [0, 0.1) is 0 Å². The van der Waals surface area contributed by atoms with Gasteiger partial charge < -0.3 is 15.2 Å². The number of esters is 1. The lowest BCUT2D eigenvalue weighted by molar-refractivity contribution is -0.0503. The molecule has 0 aliphatic heterocycles. The van der Waals surface area contributed by atoms with Crippen LogP contribution >= 0.6 is 11.6 Å². The van der Waals surface area contributed by atoms with E-state index in [0.717, 1.165) is 6.07 Å². The van der Waals surface area contributed by atoms with Crippen molar-refractivity contribution in [3.8, 4) is 5.75 Å². The van der Waals surface area contributed by atoms with Crippen LogP contribution in [0.25, 0.3) is 0 Å². The minimum absolute atomic E-state index is 0.0909. The van der Waals surface area contributed by atoms with E-state index in [2.05, 4.69) is 9.47 Å². The summed E-state index contributed by atoms with van der Waals surface area (Å²) in [6.07, 6.45) is 0. The summed E-state index contributed by atoms with van der Waals surface area (Å²) in [5.41, 5.74) is 5.27. The lowest BCUT2D eigenvalue weighted by Gasteiger charge is -2.12. The minimum atomic E-state index is -3.08.